The summed E-state index contributed by atoms with van der Waals surface area (Å²) in [6.45, 7) is 0.0829. The normalized spacial score (nSPS) is 9.33. The van der Waals surface area contributed by atoms with Crippen LogP contribution < -0.4 is 0 Å². The van der Waals surface area contributed by atoms with Gasteiger partial charge < -0.3 is 5.11 Å². The van der Waals surface area contributed by atoms with Gasteiger partial charge in [0.25, 0.3) is 0 Å². The van der Waals surface area contributed by atoms with E-state index in [1.807, 2.05) is 6.07 Å². The molecular weight excluding hydrogens is 174 g/mol. The maximum atomic E-state index is 8.61. The highest BCUT2D eigenvalue weighted by molar-refractivity contribution is 7.99. The molecule has 0 radical (unpaired) electrons. The lowest BCUT2D eigenvalue weighted by atomic mass is 10.4. The fourth-order valence-electron chi connectivity index (χ4n) is 0.652. The summed E-state index contributed by atoms with van der Waals surface area (Å²) in [6, 6.07) is 1.98. The van der Waals surface area contributed by atoms with Crippen LogP contribution in [0, 0.1) is 11.3 Å². The predicted octanol–water partition coefficient (Wildman–Crippen LogP) is 0.433. The van der Waals surface area contributed by atoms with Crippen molar-refractivity contribution in [2.45, 2.75) is 5.03 Å². The first-order chi connectivity index (χ1) is 5.88. The highest BCUT2D eigenvalue weighted by atomic mass is 32.2. The summed E-state index contributed by atoms with van der Waals surface area (Å²) in [4.78, 5) is 7.62. The summed E-state index contributed by atoms with van der Waals surface area (Å²) in [5, 5.41) is 17.8. The van der Waals surface area contributed by atoms with Gasteiger partial charge in [-0.2, -0.15) is 5.26 Å². The molecule has 1 N–H and O–H groups in total. The molecule has 0 saturated carbocycles. The van der Waals surface area contributed by atoms with Crippen molar-refractivity contribution in [3.63, 3.8) is 0 Å². The molecule has 0 unspecified atom stereocenters. The molecular formula is C7H7N3OS. The van der Waals surface area contributed by atoms with Crippen LogP contribution in [-0.4, -0.2) is 27.4 Å². The lowest BCUT2D eigenvalue weighted by Gasteiger charge is -1.98. The summed E-state index contributed by atoms with van der Waals surface area (Å²) in [6.07, 6.45) is 2.85. The number of aliphatic hydroxyl groups is 1. The van der Waals surface area contributed by atoms with Crippen LogP contribution in [0.25, 0.3) is 0 Å². The molecule has 12 heavy (non-hydrogen) atoms. The lowest BCUT2D eigenvalue weighted by Crippen LogP contribution is -1.91. The molecule has 0 bridgehead atoms. The summed E-state index contributed by atoms with van der Waals surface area (Å²) in [5.41, 5.74) is 0.455. The fourth-order valence-corrected chi connectivity index (χ4v) is 1.31. The maximum absolute atomic E-state index is 8.61. The van der Waals surface area contributed by atoms with E-state index in [2.05, 4.69) is 9.97 Å². The van der Waals surface area contributed by atoms with Crippen LogP contribution in [0.2, 0.25) is 0 Å². The molecule has 0 saturated heterocycles. The van der Waals surface area contributed by atoms with Gasteiger partial charge in [0, 0.05) is 11.9 Å². The molecule has 1 heterocycles. The van der Waals surface area contributed by atoms with Crippen molar-refractivity contribution in [2.75, 3.05) is 12.4 Å². The number of aliphatic hydroxyl groups excluding tert-OH is 1. The van der Waals surface area contributed by atoms with Gasteiger partial charge in [-0.25, -0.2) is 9.97 Å². The molecule has 62 valence electrons. The van der Waals surface area contributed by atoms with Crippen molar-refractivity contribution >= 4 is 11.8 Å². The Morgan fingerprint density at radius 2 is 2.50 bits per heavy atom. The van der Waals surface area contributed by atoms with Crippen LogP contribution >= 0.6 is 11.8 Å². The summed E-state index contributed by atoms with van der Waals surface area (Å²) in [7, 11) is 0. The minimum absolute atomic E-state index is 0.0829. The zero-order valence-electron chi connectivity index (χ0n) is 6.27. The van der Waals surface area contributed by atoms with Gasteiger partial charge in [-0.1, -0.05) is 0 Å². The lowest BCUT2D eigenvalue weighted by molar-refractivity contribution is 0.322. The summed E-state index contributed by atoms with van der Waals surface area (Å²) >= 11 is 1.35. The van der Waals surface area contributed by atoms with Gasteiger partial charge in [0.05, 0.1) is 6.61 Å². The van der Waals surface area contributed by atoms with Gasteiger partial charge in [0.2, 0.25) is 0 Å². The van der Waals surface area contributed by atoms with E-state index in [0.29, 0.717) is 16.3 Å². The van der Waals surface area contributed by atoms with E-state index in [1.165, 1.54) is 24.3 Å². The first-order valence-electron chi connectivity index (χ1n) is 3.32. The van der Waals surface area contributed by atoms with Crippen molar-refractivity contribution in [1.82, 2.24) is 9.97 Å². The Morgan fingerprint density at radius 1 is 1.67 bits per heavy atom. The Morgan fingerprint density at radius 3 is 3.17 bits per heavy atom. The largest absolute Gasteiger partial charge is 0.396 e. The standard InChI is InChI=1S/C7H7N3OS/c8-3-6-4-9-5-10-7(6)12-2-1-11/h4-5,11H,1-2H2. The molecule has 0 aliphatic heterocycles. The number of hydrogen-bond donors (Lipinski definition) is 1. The van der Waals surface area contributed by atoms with E-state index in [9.17, 15) is 0 Å². The van der Waals surface area contributed by atoms with Crippen LogP contribution in [0.3, 0.4) is 0 Å². The van der Waals surface area contributed by atoms with Crippen molar-refractivity contribution < 1.29 is 5.11 Å². The number of rotatable bonds is 3. The van der Waals surface area contributed by atoms with Crippen LogP contribution in [0.4, 0.5) is 0 Å². The van der Waals surface area contributed by atoms with E-state index in [-0.39, 0.29) is 6.61 Å². The Labute approximate surface area is 74.3 Å². The van der Waals surface area contributed by atoms with Crippen molar-refractivity contribution in [3.05, 3.63) is 18.1 Å². The van der Waals surface area contributed by atoms with E-state index in [0.717, 1.165) is 0 Å². The van der Waals surface area contributed by atoms with E-state index >= 15 is 0 Å². The second-order valence-corrected chi connectivity index (χ2v) is 3.01. The highest BCUT2D eigenvalue weighted by Gasteiger charge is 2.02. The second kappa shape index (κ2) is 4.70. The third kappa shape index (κ3) is 2.19. The van der Waals surface area contributed by atoms with Crippen LogP contribution in [0.15, 0.2) is 17.6 Å². The molecule has 1 aromatic heterocycles. The summed E-state index contributed by atoms with van der Waals surface area (Å²) < 4.78 is 0. The fraction of sp³-hybridized carbons (Fsp3) is 0.286. The van der Waals surface area contributed by atoms with E-state index in [4.69, 9.17) is 10.4 Å². The average Bonchev–Trinajstić information content (AvgIpc) is 2.15. The average molecular weight is 181 g/mol. The van der Waals surface area contributed by atoms with Crippen LogP contribution in [0.1, 0.15) is 5.56 Å². The molecule has 0 amide bonds. The molecule has 4 nitrogen and oxygen atoms in total. The molecule has 0 aliphatic carbocycles. The smallest absolute Gasteiger partial charge is 0.117 e. The van der Waals surface area contributed by atoms with Crippen molar-refractivity contribution in [2.24, 2.45) is 0 Å². The van der Waals surface area contributed by atoms with Crippen molar-refractivity contribution in [3.8, 4) is 6.07 Å². The Balaban J connectivity index is 2.77. The predicted molar refractivity (Wildman–Crippen MR) is 44.6 cm³/mol. The van der Waals surface area contributed by atoms with Gasteiger partial charge in [0.1, 0.15) is 23.0 Å². The van der Waals surface area contributed by atoms with E-state index in [1.54, 1.807) is 0 Å². The molecule has 0 fully saturated rings. The van der Waals surface area contributed by atoms with Crippen LogP contribution in [0.5, 0.6) is 0 Å². The third-order valence-electron chi connectivity index (χ3n) is 1.13. The van der Waals surface area contributed by atoms with Gasteiger partial charge in [-0.3, -0.25) is 0 Å². The molecule has 0 atom stereocenters. The molecule has 5 heteroatoms. The minimum Gasteiger partial charge on any atom is -0.396 e. The quantitative estimate of drug-likeness (QED) is 0.541. The number of hydrogen-bond acceptors (Lipinski definition) is 5. The number of aromatic nitrogens is 2. The number of nitriles is 1. The Kier molecular flexibility index (Phi) is 3.51. The molecule has 0 aliphatic rings. The van der Waals surface area contributed by atoms with Gasteiger partial charge in [-0.15, -0.1) is 11.8 Å². The maximum Gasteiger partial charge on any atom is 0.117 e. The van der Waals surface area contributed by atoms with Crippen LogP contribution in [-0.2, 0) is 0 Å². The first kappa shape index (κ1) is 8.97. The molecule has 0 aromatic carbocycles. The van der Waals surface area contributed by atoms with Gasteiger partial charge in [-0.05, 0) is 0 Å². The zero-order chi connectivity index (χ0) is 8.81. The number of thioether (sulfide) groups is 1. The molecule has 1 rings (SSSR count). The van der Waals surface area contributed by atoms with Crippen molar-refractivity contribution in [1.29, 1.82) is 5.26 Å². The van der Waals surface area contributed by atoms with Gasteiger partial charge in [0.15, 0.2) is 0 Å². The molecule has 1 aromatic rings. The minimum atomic E-state index is 0.0829. The second-order valence-electron chi connectivity index (χ2n) is 1.93. The number of nitrogens with zero attached hydrogens (tertiary/aromatic N) is 3. The highest BCUT2D eigenvalue weighted by Crippen LogP contribution is 2.17. The first-order valence-corrected chi connectivity index (χ1v) is 4.31. The SMILES string of the molecule is N#Cc1cncnc1SCCO. The Hall–Kier alpha value is -1.12. The third-order valence-corrected chi connectivity index (χ3v) is 2.11. The summed E-state index contributed by atoms with van der Waals surface area (Å²) in [5.74, 6) is 0.547. The van der Waals surface area contributed by atoms with E-state index < -0.39 is 0 Å². The molecule has 0 spiro atoms. The van der Waals surface area contributed by atoms with Gasteiger partial charge >= 0.3 is 0 Å². The zero-order valence-corrected chi connectivity index (χ0v) is 7.08. The topological polar surface area (TPSA) is 69.8 Å². The monoisotopic (exact) mass is 181 g/mol. The Bertz CT molecular complexity index is 297.